The van der Waals surface area contributed by atoms with Gasteiger partial charge in [-0.1, -0.05) is 12.1 Å². The number of hydrogen-bond donors (Lipinski definition) is 0. The lowest BCUT2D eigenvalue weighted by molar-refractivity contribution is -0.148. The molecule has 3 aliphatic heterocycles. The van der Waals surface area contributed by atoms with Gasteiger partial charge in [-0.15, -0.1) is 0 Å². The number of carbonyl (C=O) groups is 1. The third-order valence-electron chi connectivity index (χ3n) is 5.62. The first-order valence-corrected chi connectivity index (χ1v) is 9.13. The minimum absolute atomic E-state index is 0.0639. The van der Waals surface area contributed by atoms with Crippen LogP contribution in [-0.4, -0.2) is 33.6 Å². The van der Waals surface area contributed by atoms with Gasteiger partial charge in [-0.05, 0) is 35.4 Å². The third-order valence-corrected chi connectivity index (χ3v) is 5.62. The molecule has 0 radical (unpaired) electrons. The first kappa shape index (κ1) is 17.2. The quantitative estimate of drug-likeness (QED) is 0.750. The maximum atomic E-state index is 12.7. The Morgan fingerprint density at radius 2 is 1.64 bits per heavy atom. The van der Waals surface area contributed by atoms with E-state index in [1.165, 1.54) is 0 Å². The highest BCUT2D eigenvalue weighted by molar-refractivity contribution is 5.77. The predicted octanol–water partition coefficient (Wildman–Crippen LogP) is 3.03. The Labute approximate surface area is 162 Å². The lowest BCUT2D eigenvalue weighted by Gasteiger charge is -2.17. The molecule has 3 heterocycles. The van der Waals surface area contributed by atoms with Crippen molar-refractivity contribution < 1.29 is 33.2 Å². The van der Waals surface area contributed by atoms with Crippen LogP contribution in [0.3, 0.4) is 0 Å². The Balaban J connectivity index is 1.43. The van der Waals surface area contributed by atoms with Crippen LogP contribution in [0.15, 0.2) is 36.4 Å². The topological polar surface area (TPSA) is 72.5 Å². The van der Waals surface area contributed by atoms with Gasteiger partial charge in [0, 0.05) is 5.92 Å². The summed E-state index contributed by atoms with van der Waals surface area (Å²) in [7, 11) is 3.17. The largest absolute Gasteiger partial charge is 0.493 e. The Morgan fingerprint density at radius 3 is 2.46 bits per heavy atom. The molecule has 0 saturated carbocycles. The lowest BCUT2D eigenvalue weighted by atomic mass is 9.84. The minimum atomic E-state index is -0.378. The molecule has 7 nitrogen and oxygen atoms in total. The van der Waals surface area contributed by atoms with Crippen LogP contribution in [0.1, 0.15) is 23.3 Å². The molecule has 0 amide bonds. The fourth-order valence-electron chi connectivity index (χ4n) is 4.25. The molecule has 28 heavy (non-hydrogen) atoms. The highest BCUT2D eigenvalue weighted by Crippen LogP contribution is 2.52. The monoisotopic (exact) mass is 384 g/mol. The van der Waals surface area contributed by atoms with Crippen molar-refractivity contribution in [3.05, 3.63) is 47.5 Å². The zero-order valence-corrected chi connectivity index (χ0v) is 15.5. The number of hydrogen-bond acceptors (Lipinski definition) is 7. The summed E-state index contributed by atoms with van der Waals surface area (Å²) in [5.41, 5.74) is 1.76. The molecule has 0 N–H and O–H groups in total. The Hall–Kier alpha value is -2.93. The van der Waals surface area contributed by atoms with Gasteiger partial charge in [0.2, 0.25) is 6.79 Å². The maximum absolute atomic E-state index is 12.7. The number of fused-ring (bicyclic) bond motifs is 2. The van der Waals surface area contributed by atoms with E-state index in [1.54, 1.807) is 14.2 Å². The Bertz CT molecular complexity index is 925. The van der Waals surface area contributed by atoms with E-state index >= 15 is 0 Å². The molecule has 4 atom stereocenters. The summed E-state index contributed by atoms with van der Waals surface area (Å²) in [4.78, 5) is 12.7. The molecule has 146 valence electrons. The second-order valence-electron chi connectivity index (χ2n) is 7.03. The molecule has 0 bridgehead atoms. The second-order valence-corrected chi connectivity index (χ2v) is 7.03. The van der Waals surface area contributed by atoms with Crippen LogP contribution in [0.25, 0.3) is 0 Å². The van der Waals surface area contributed by atoms with Gasteiger partial charge in [-0.2, -0.15) is 0 Å². The third kappa shape index (κ3) is 2.57. The summed E-state index contributed by atoms with van der Waals surface area (Å²) in [6.45, 7) is 0.647. The normalized spacial score (nSPS) is 27.4. The fourth-order valence-corrected chi connectivity index (χ4v) is 4.25. The van der Waals surface area contributed by atoms with Crippen LogP contribution in [0, 0.1) is 11.8 Å². The van der Waals surface area contributed by atoms with Crippen LogP contribution in [0.5, 0.6) is 23.0 Å². The van der Waals surface area contributed by atoms with Gasteiger partial charge in [0.1, 0.15) is 6.10 Å². The molecule has 5 rings (SSSR count). The summed E-state index contributed by atoms with van der Waals surface area (Å²) in [5.74, 6) is 1.94. The van der Waals surface area contributed by atoms with Crippen LogP contribution in [0.2, 0.25) is 0 Å². The van der Waals surface area contributed by atoms with Gasteiger partial charge in [-0.25, -0.2) is 0 Å². The first-order valence-electron chi connectivity index (χ1n) is 9.13. The Morgan fingerprint density at radius 1 is 0.893 bits per heavy atom. The van der Waals surface area contributed by atoms with Gasteiger partial charge in [0.25, 0.3) is 0 Å². The van der Waals surface area contributed by atoms with E-state index in [4.69, 9.17) is 28.4 Å². The van der Waals surface area contributed by atoms with Crippen molar-refractivity contribution in [2.45, 2.75) is 12.2 Å². The molecular formula is C21H20O7. The average Bonchev–Trinajstić information content (AvgIpc) is 3.43. The predicted molar refractivity (Wildman–Crippen MR) is 96.6 cm³/mol. The van der Waals surface area contributed by atoms with E-state index in [9.17, 15) is 4.79 Å². The first-order chi connectivity index (χ1) is 13.7. The molecule has 3 aliphatic rings. The van der Waals surface area contributed by atoms with Gasteiger partial charge in [0.05, 0.1) is 32.8 Å². The molecule has 0 unspecified atom stereocenters. The van der Waals surface area contributed by atoms with Crippen molar-refractivity contribution in [1.29, 1.82) is 0 Å². The second kappa shape index (κ2) is 6.60. The highest BCUT2D eigenvalue weighted by Gasteiger charge is 2.54. The van der Waals surface area contributed by atoms with Crippen LogP contribution < -0.4 is 18.9 Å². The van der Waals surface area contributed by atoms with Gasteiger partial charge in [-0.3, -0.25) is 4.79 Å². The Kier molecular flexibility index (Phi) is 4.05. The molecular weight excluding hydrogens is 364 g/mol. The van der Waals surface area contributed by atoms with E-state index in [-0.39, 0.29) is 36.8 Å². The average molecular weight is 384 g/mol. The molecule has 0 aliphatic carbocycles. The summed E-state index contributed by atoms with van der Waals surface area (Å²) in [5, 5.41) is 0. The summed E-state index contributed by atoms with van der Waals surface area (Å²) in [6.07, 6.45) is -0.742. The molecule has 0 aromatic heterocycles. The van der Waals surface area contributed by atoms with E-state index < -0.39 is 0 Å². The van der Waals surface area contributed by atoms with Crippen LogP contribution in [0.4, 0.5) is 0 Å². The number of methoxy groups -OCH3 is 2. The lowest BCUT2D eigenvalue weighted by Crippen LogP contribution is -2.18. The number of benzene rings is 2. The zero-order valence-electron chi connectivity index (χ0n) is 15.5. The molecule has 7 heteroatoms. The SMILES string of the molecule is COc1ccc([C@H]2OC[C@@H]3[C@H]2C(=O)O[C@H]3c2ccc3c(c2)OCO3)cc1OC. The van der Waals surface area contributed by atoms with Crippen molar-refractivity contribution in [1.82, 2.24) is 0 Å². The van der Waals surface area contributed by atoms with Crippen molar-refractivity contribution in [3.8, 4) is 23.0 Å². The van der Waals surface area contributed by atoms with Gasteiger partial charge >= 0.3 is 5.97 Å². The van der Waals surface area contributed by atoms with Crippen molar-refractivity contribution in [3.63, 3.8) is 0 Å². The number of ether oxygens (including phenoxy) is 6. The smallest absolute Gasteiger partial charge is 0.313 e. The van der Waals surface area contributed by atoms with E-state index in [0.29, 0.717) is 29.6 Å². The fraction of sp³-hybridized carbons (Fsp3) is 0.381. The number of rotatable bonds is 4. The molecule has 0 spiro atoms. The van der Waals surface area contributed by atoms with Crippen LogP contribution >= 0.6 is 0 Å². The van der Waals surface area contributed by atoms with Gasteiger partial charge in [0.15, 0.2) is 23.0 Å². The molecule has 2 aromatic carbocycles. The summed E-state index contributed by atoms with van der Waals surface area (Å²) >= 11 is 0. The zero-order chi connectivity index (χ0) is 19.3. The summed E-state index contributed by atoms with van der Waals surface area (Å²) in [6, 6.07) is 11.2. The molecule has 2 fully saturated rings. The number of carbonyl (C=O) groups excluding carboxylic acids is 1. The maximum Gasteiger partial charge on any atom is 0.313 e. The van der Waals surface area contributed by atoms with Crippen molar-refractivity contribution in [2.75, 3.05) is 27.6 Å². The van der Waals surface area contributed by atoms with Gasteiger partial charge < -0.3 is 28.4 Å². The minimum Gasteiger partial charge on any atom is -0.493 e. The number of esters is 1. The van der Waals surface area contributed by atoms with Crippen molar-refractivity contribution >= 4 is 5.97 Å². The van der Waals surface area contributed by atoms with E-state index in [1.807, 2.05) is 36.4 Å². The molecule has 2 saturated heterocycles. The summed E-state index contributed by atoms with van der Waals surface area (Å²) < 4.78 is 33.3. The van der Waals surface area contributed by atoms with E-state index in [0.717, 1.165) is 11.1 Å². The van der Waals surface area contributed by atoms with E-state index in [2.05, 4.69) is 0 Å². The molecule has 2 aromatic rings. The van der Waals surface area contributed by atoms with Crippen molar-refractivity contribution in [2.24, 2.45) is 11.8 Å². The van der Waals surface area contributed by atoms with Crippen LogP contribution in [-0.2, 0) is 14.3 Å². The number of cyclic esters (lactones) is 1. The standard InChI is InChI=1S/C21H20O7/c1-23-14-5-3-12(7-16(14)24-2)20-18-13(9-25-20)19(28-21(18)22)11-4-6-15-17(8-11)27-10-26-15/h3-8,13,18-20H,9-10H2,1-2H3/t13-,18-,19+,20-/m1/s1. The highest BCUT2D eigenvalue weighted by atomic mass is 16.7.